The minimum atomic E-state index is 0.118. The molecule has 0 heterocycles. The summed E-state index contributed by atoms with van der Waals surface area (Å²) < 4.78 is 1.06. The van der Waals surface area contributed by atoms with E-state index in [1.165, 1.54) is 0 Å². The third-order valence-corrected chi connectivity index (χ3v) is 3.66. The van der Waals surface area contributed by atoms with Crippen LogP contribution in [-0.4, -0.2) is 17.9 Å². The molecule has 1 unspecified atom stereocenters. The van der Waals surface area contributed by atoms with Crippen LogP contribution in [0.15, 0.2) is 28.7 Å². The molecule has 0 radical (unpaired) electrons. The van der Waals surface area contributed by atoms with Crippen LogP contribution in [0.3, 0.4) is 0 Å². The molecule has 0 saturated heterocycles. The Morgan fingerprint density at radius 3 is 2.65 bits per heavy atom. The fourth-order valence-electron chi connectivity index (χ4n) is 1.89. The SMILES string of the molecule is CCCC(C)C(=O)N(C)Cc1ccccc1Br. The molecule has 1 aromatic rings. The lowest BCUT2D eigenvalue weighted by atomic mass is 10.0. The van der Waals surface area contributed by atoms with Crippen molar-refractivity contribution in [1.82, 2.24) is 4.90 Å². The Bertz CT molecular complexity index is 378. The monoisotopic (exact) mass is 297 g/mol. The van der Waals surface area contributed by atoms with E-state index in [4.69, 9.17) is 0 Å². The Morgan fingerprint density at radius 2 is 2.06 bits per heavy atom. The van der Waals surface area contributed by atoms with Crippen molar-refractivity contribution < 1.29 is 4.79 Å². The average Bonchev–Trinajstić information content (AvgIpc) is 2.31. The summed E-state index contributed by atoms with van der Waals surface area (Å²) in [5.41, 5.74) is 1.15. The van der Waals surface area contributed by atoms with E-state index in [0.717, 1.165) is 22.9 Å². The fraction of sp³-hybridized carbons (Fsp3) is 0.500. The fourth-order valence-corrected chi connectivity index (χ4v) is 2.30. The molecule has 0 aliphatic heterocycles. The maximum absolute atomic E-state index is 12.1. The Hall–Kier alpha value is -0.830. The molecule has 0 fully saturated rings. The van der Waals surface area contributed by atoms with Crippen LogP contribution in [0, 0.1) is 5.92 Å². The largest absolute Gasteiger partial charge is 0.341 e. The number of nitrogens with zero attached hydrogens (tertiary/aromatic N) is 1. The molecule has 1 rings (SSSR count). The van der Waals surface area contributed by atoms with Crippen LogP contribution in [0.5, 0.6) is 0 Å². The predicted octanol–water partition coefficient (Wildman–Crippen LogP) is 3.84. The van der Waals surface area contributed by atoms with Gasteiger partial charge in [0.1, 0.15) is 0 Å². The first kappa shape index (κ1) is 14.2. The average molecular weight is 298 g/mol. The first-order valence-corrected chi connectivity index (χ1v) is 6.84. The van der Waals surface area contributed by atoms with Crippen LogP contribution in [0.4, 0.5) is 0 Å². The summed E-state index contributed by atoms with van der Waals surface area (Å²) in [4.78, 5) is 13.9. The zero-order valence-electron chi connectivity index (χ0n) is 10.7. The second-order valence-corrected chi connectivity index (χ2v) is 5.33. The van der Waals surface area contributed by atoms with Gasteiger partial charge < -0.3 is 4.90 Å². The highest BCUT2D eigenvalue weighted by Crippen LogP contribution is 2.18. The third-order valence-electron chi connectivity index (χ3n) is 2.88. The number of carbonyl (C=O) groups excluding carboxylic acids is 1. The van der Waals surface area contributed by atoms with Gasteiger partial charge in [0.25, 0.3) is 0 Å². The highest BCUT2D eigenvalue weighted by atomic mass is 79.9. The van der Waals surface area contributed by atoms with E-state index in [-0.39, 0.29) is 11.8 Å². The summed E-state index contributed by atoms with van der Waals surface area (Å²) in [5, 5.41) is 0. The lowest BCUT2D eigenvalue weighted by Gasteiger charge is -2.21. The smallest absolute Gasteiger partial charge is 0.225 e. The number of hydrogen-bond acceptors (Lipinski definition) is 1. The van der Waals surface area contributed by atoms with Crippen molar-refractivity contribution in [3.05, 3.63) is 34.3 Å². The maximum atomic E-state index is 12.1. The van der Waals surface area contributed by atoms with Gasteiger partial charge in [0.15, 0.2) is 0 Å². The molecule has 1 amide bonds. The topological polar surface area (TPSA) is 20.3 Å². The van der Waals surface area contributed by atoms with Gasteiger partial charge in [-0.15, -0.1) is 0 Å². The van der Waals surface area contributed by atoms with E-state index in [9.17, 15) is 4.79 Å². The summed E-state index contributed by atoms with van der Waals surface area (Å²) in [6.07, 6.45) is 2.01. The van der Waals surface area contributed by atoms with E-state index in [2.05, 4.69) is 22.9 Å². The third kappa shape index (κ3) is 4.15. The van der Waals surface area contributed by atoms with Gasteiger partial charge in [0.05, 0.1) is 0 Å². The van der Waals surface area contributed by atoms with Gasteiger partial charge in [-0.05, 0) is 18.1 Å². The normalized spacial score (nSPS) is 12.2. The van der Waals surface area contributed by atoms with Crippen LogP contribution in [0.1, 0.15) is 32.3 Å². The summed E-state index contributed by atoms with van der Waals surface area (Å²) in [6.45, 7) is 4.77. The van der Waals surface area contributed by atoms with Crippen molar-refractivity contribution in [2.45, 2.75) is 33.2 Å². The van der Waals surface area contributed by atoms with E-state index in [0.29, 0.717) is 6.54 Å². The van der Waals surface area contributed by atoms with E-state index < -0.39 is 0 Å². The molecule has 17 heavy (non-hydrogen) atoms. The van der Waals surface area contributed by atoms with Gasteiger partial charge in [-0.2, -0.15) is 0 Å². The molecule has 3 heteroatoms. The minimum absolute atomic E-state index is 0.118. The quantitative estimate of drug-likeness (QED) is 0.808. The zero-order chi connectivity index (χ0) is 12.8. The van der Waals surface area contributed by atoms with Gasteiger partial charge in [0, 0.05) is 24.0 Å². The number of benzene rings is 1. The van der Waals surface area contributed by atoms with Crippen LogP contribution < -0.4 is 0 Å². The molecule has 0 aromatic heterocycles. The lowest BCUT2D eigenvalue weighted by Crippen LogP contribution is -2.31. The molecule has 2 nitrogen and oxygen atoms in total. The van der Waals surface area contributed by atoms with Gasteiger partial charge in [-0.3, -0.25) is 4.79 Å². The number of halogens is 1. The summed E-state index contributed by atoms with van der Waals surface area (Å²) in [6, 6.07) is 8.02. The molecule has 94 valence electrons. The molecule has 0 spiro atoms. The van der Waals surface area contributed by atoms with Crippen molar-refractivity contribution in [3.8, 4) is 0 Å². The van der Waals surface area contributed by atoms with Crippen molar-refractivity contribution in [3.63, 3.8) is 0 Å². The first-order valence-electron chi connectivity index (χ1n) is 6.04. The van der Waals surface area contributed by atoms with E-state index >= 15 is 0 Å². The number of hydrogen-bond donors (Lipinski definition) is 0. The molecule has 1 atom stereocenters. The van der Waals surface area contributed by atoms with Gasteiger partial charge >= 0.3 is 0 Å². The van der Waals surface area contributed by atoms with Crippen LogP contribution >= 0.6 is 15.9 Å². The zero-order valence-corrected chi connectivity index (χ0v) is 12.3. The van der Waals surface area contributed by atoms with Crippen LogP contribution in [0.2, 0.25) is 0 Å². The molecule has 0 bridgehead atoms. The van der Waals surface area contributed by atoms with Gasteiger partial charge in [-0.25, -0.2) is 0 Å². The van der Waals surface area contributed by atoms with Crippen molar-refractivity contribution in [1.29, 1.82) is 0 Å². The van der Waals surface area contributed by atoms with Crippen LogP contribution in [-0.2, 0) is 11.3 Å². The standard InChI is InChI=1S/C14H20BrNO/c1-4-7-11(2)14(17)16(3)10-12-8-5-6-9-13(12)15/h5-6,8-9,11H,4,7,10H2,1-3H3. The van der Waals surface area contributed by atoms with E-state index in [1.54, 1.807) is 4.90 Å². The van der Waals surface area contributed by atoms with Crippen LogP contribution in [0.25, 0.3) is 0 Å². The lowest BCUT2D eigenvalue weighted by molar-refractivity contribution is -0.134. The van der Waals surface area contributed by atoms with Crippen molar-refractivity contribution in [2.24, 2.45) is 5.92 Å². The molecular weight excluding hydrogens is 278 g/mol. The summed E-state index contributed by atoms with van der Waals surface area (Å²) in [5.74, 6) is 0.343. The second kappa shape index (κ2) is 6.80. The second-order valence-electron chi connectivity index (χ2n) is 4.48. The minimum Gasteiger partial charge on any atom is -0.341 e. The highest BCUT2D eigenvalue weighted by Gasteiger charge is 2.17. The Kier molecular flexibility index (Phi) is 5.69. The Morgan fingerprint density at radius 1 is 1.41 bits per heavy atom. The predicted molar refractivity (Wildman–Crippen MR) is 74.7 cm³/mol. The summed E-state index contributed by atoms with van der Waals surface area (Å²) in [7, 11) is 1.87. The number of rotatable bonds is 5. The highest BCUT2D eigenvalue weighted by molar-refractivity contribution is 9.10. The van der Waals surface area contributed by atoms with Gasteiger partial charge in [0.2, 0.25) is 5.91 Å². The van der Waals surface area contributed by atoms with E-state index in [1.807, 2.05) is 38.2 Å². The molecular formula is C14H20BrNO. The molecule has 0 aliphatic carbocycles. The molecule has 0 aliphatic rings. The van der Waals surface area contributed by atoms with Gasteiger partial charge in [-0.1, -0.05) is 54.4 Å². The number of amides is 1. The maximum Gasteiger partial charge on any atom is 0.225 e. The molecule has 0 N–H and O–H groups in total. The Labute approximate surface area is 112 Å². The van der Waals surface area contributed by atoms with Crippen molar-refractivity contribution >= 4 is 21.8 Å². The number of carbonyl (C=O) groups is 1. The first-order chi connectivity index (χ1) is 8.06. The molecule has 0 saturated carbocycles. The summed E-state index contributed by atoms with van der Waals surface area (Å²) >= 11 is 3.50. The molecule has 1 aromatic carbocycles. The Balaban J connectivity index is 2.63. The van der Waals surface area contributed by atoms with Crippen molar-refractivity contribution in [2.75, 3.05) is 7.05 Å².